The van der Waals surface area contributed by atoms with Crippen LogP contribution in [-0.2, 0) is 22.5 Å². The summed E-state index contributed by atoms with van der Waals surface area (Å²) in [6, 6.07) is -19.3. The third-order valence-electron chi connectivity index (χ3n) is 4.15. The van der Waals surface area contributed by atoms with E-state index in [0.29, 0.717) is 6.92 Å². The Bertz CT molecular complexity index is 2050. The molecule has 1 unspecified atom stereocenters. The molecule has 180 valence electrons. The second-order valence-electron chi connectivity index (χ2n) is 6.57. The molecule has 0 amide bonds. The Morgan fingerprint density at radius 3 is 2.18 bits per heavy atom. The van der Waals surface area contributed by atoms with Crippen molar-refractivity contribution in [1.82, 2.24) is 9.80 Å². The quantitative estimate of drug-likeness (QED) is 0.417. The van der Waals surface area contributed by atoms with Crippen LogP contribution in [0.15, 0.2) is 60.4 Å². The molecule has 0 spiro atoms. The summed E-state index contributed by atoms with van der Waals surface area (Å²) >= 11 is 0. The van der Waals surface area contributed by atoms with E-state index >= 15 is 0 Å². The third kappa shape index (κ3) is 6.89. The number of rotatable bonds is 10. The predicted octanol–water partition coefficient (Wildman–Crippen LogP) is 5.52. The average molecular weight is 482 g/mol. The first-order valence-electron chi connectivity index (χ1n) is 25.2. The fourth-order valence-corrected chi connectivity index (χ4v) is 2.48. The topological polar surface area (TPSA) is 24.9 Å². The van der Waals surface area contributed by atoms with Gasteiger partial charge in [-0.2, -0.15) is 0 Å². The van der Waals surface area contributed by atoms with Crippen LogP contribution in [0.1, 0.15) is 98.8 Å². The van der Waals surface area contributed by atoms with Crippen molar-refractivity contribution in [2.75, 3.05) is 33.3 Å². The van der Waals surface area contributed by atoms with Gasteiger partial charge in [0, 0.05) is 72.1 Å². The van der Waals surface area contributed by atoms with Crippen molar-refractivity contribution < 1.29 is 52.0 Å². The maximum atomic E-state index is 9.75. The van der Waals surface area contributed by atoms with Crippen molar-refractivity contribution in [3.63, 3.8) is 0 Å². The minimum absolute atomic E-state index is 0.295. The average Bonchev–Trinajstić information content (AvgIpc) is 3.15. The number of methoxy groups -OCH3 is 1. The van der Waals surface area contributed by atoms with E-state index in [1.807, 2.05) is 0 Å². The van der Waals surface area contributed by atoms with Crippen LogP contribution in [0.4, 0.5) is 0 Å². The van der Waals surface area contributed by atoms with Crippen molar-refractivity contribution in [3.8, 4) is 0 Å². The first-order chi connectivity index (χ1) is 28.3. The molecule has 4 heteroatoms. The number of piperidine rings is 1. The lowest BCUT2D eigenvalue weighted by Gasteiger charge is -2.49. The number of likely N-dealkylation sites (tertiary alicyclic amines) is 1. The second-order valence-corrected chi connectivity index (χ2v) is 6.57. The van der Waals surface area contributed by atoms with Crippen LogP contribution >= 0.6 is 0 Å². The summed E-state index contributed by atoms with van der Waals surface area (Å²) in [5.41, 5.74) is -7.41. The number of hydrogen-bond acceptors (Lipinski definition) is 4. The van der Waals surface area contributed by atoms with Gasteiger partial charge in [0.1, 0.15) is 0 Å². The van der Waals surface area contributed by atoms with Crippen molar-refractivity contribution in [1.29, 1.82) is 0 Å². The molecule has 3 atom stereocenters. The minimum Gasteiger partial charge on any atom is -0.382 e. The molecular formula is C29H42N2O2. The number of benzene rings is 2. The van der Waals surface area contributed by atoms with E-state index in [9.17, 15) is 17.8 Å². The Kier molecular flexibility index (Phi) is 2.47. The van der Waals surface area contributed by atoms with Gasteiger partial charge in [-0.05, 0) is 56.3 Å². The summed E-state index contributed by atoms with van der Waals surface area (Å²) in [6.45, 7) is -19.7. The van der Waals surface area contributed by atoms with Crippen LogP contribution in [-0.4, -0.2) is 60.8 Å². The van der Waals surface area contributed by atoms with Gasteiger partial charge in [0.05, 0.1) is 34.4 Å². The highest BCUT2D eigenvalue weighted by Gasteiger charge is 2.38. The molecule has 1 saturated carbocycles. The largest absolute Gasteiger partial charge is 0.382 e. The molecule has 0 radical (unpaired) electrons. The van der Waals surface area contributed by atoms with Crippen molar-refractivity contribution in [3.05, 3.63) is 71.6 Å². The van der Waals surface area contributed by atoms with Gasteiger partial charge in [-0.3, -0.25) is 9.80 Å². The predicted molar refractivity (Wildman–Crippen MR) is 135 cm³/mol. The smallest absolute Gasteiger partial charge is 0.0704 e. The van der Waals surface area contributed by atoms with Crippen molar-refractivity contribution in [2.24, 2.45) is 0 Å². The van der Waals surface area contributed by atoms with Gasteiger partial charge in [0.2, 0.25) is 0 Å². The molecule has 2 aromatic carbocycles. The normalized spacial score (nSPS) is 55.5. The molecule has 1 heterocycles. The summed E-state index contributed by atoms with van der Waals surface area (Å²) in [7, 11) is 1.12. The Hall–Kier alpha value is -1.72. The molecule has 33 heavy (non-hydrogen) atoms. The van der Waals surface area contributed by atoms with Gasteiger partial charge in [-0.25, -0.2) is 0 Å². The first-order valence-corrected chi connectivity index (χ1v) is 9.61. The highest BCUT2D eigenvalue weighted by Crippen LogP contribution is 2.37. The van der Waals surface area contributed by atoms with E-state index < -0.39 is 176 Å². The summed E-state index contributed by atoms with van der Waals surface area (Å²) in [6.07, 6.45) is -29.2. The Balaban J connectivity index is 2.29. The lowest BCUT2D eigenvalue weighted by Crippen LogP contribution is -2.55. The fourth-order valence-electron chi connectivity index (χ4n) is 2.48. The summed E-state index contributed by atoms with van der Waals surface area (Å²) in [5.74, 6) is 0. The van der Waals surface area contributed by atoms with E-state index in [2.05, 4.69) is 0 Å². The van der Waals surface area contributed by atoms with E-state index in [-0.39, 0.29) is 0 Å². The molecule has 1 aliphatic carbocycles. The molecule has 1 saturated heterocycles. The summed E-state index contributed by atoms with van der Waals surface area (Å²) in [4.78, 5) is -1.81. The van der Waals surface area contributed by atoms with E-state index in [1.54, 1.807) is 0 Å². The number of ether oxygens (including phenoxy) is 2. The molecule has 0 aromatic heterocycles. The fraction of sp³-hybridized carbons (Fsp3) is 0.586. The van der Waals surface area contributed by atoms with Crippen LogP contribution in [0, 0.1) is 0 Å². The van der Waals surface area contributed by atoms with E-state index in [4.69, 9.17) is 34.1 Å². The Morgan fingerprint density at radius 1 is 1.00 bits per heavy atom. The summed E-state index contributed by atoms with van der Waals surface area (Å²) < 4.78 is 286. The summed E-state index contributed by atoms with van der Waals surface area (Å²) in [5, 5.41) is 0. The van der Waals surface area contributed by atoms with Gasteiger partial charge >= 0.3 is 0 Å². The van der Waals surface area contributed by atoms with Gasteiger partial charge in [-0.1, -0.05) is 60.4 Å². The number of hydrogen-bond donors (Lipinski definition) is 0. The van der Waals surface area contributed by atoms with E-state index in [1.165, 1.54) is 0 Å². The molecule has 4 nitrogen and oxygen atoms in total. The SMILES string of the molecule is [2H]c1c([2H])c([2H])c(C([2H])([2H])N(C([2H])([2H])c2c([2H])c([2H])c([2H])c([2H])c2[2H])C2([2H])C([2H])([2H])C([2H])([2H])N([C@]3(C)C([2H])C([2H])([2H])[C@@]([2H])(OCCOC)C([2H])([2H])C3([2H])[2H])C([2H])([2H])C2([2H])[2H])c([2H])c1[2H]. The first kappa shape index (κ1) is 6.73. The molecule has 2 aromatic rings. The van der Waals surface area contributed by atoms with E-state index in [0.717, 1.165) is 7.11 Å². The molecular weight excluding hydrogens is 408 g/mol. The molecule has 2 aliphatic rings. The zero-order valence-electron chi connectivity index (χ0n) is 48.7. The second kappa shape index (κ2) is 12.1. The molecule has 1 aliphatic heterocycles. The third-order valence-corrected chi connectivity index (χ3v) is 4.15. The van der Waals surface area contributed by atoms with Gasteiger partial charge < -0.3 is 9.47 Å². The monoisotopic (exact) mass is 482 g/mol. The van der Waals surface area contributed by atoms with Gasteiger partial charge in [-0.15, -0.1) is 0 Å². The minimum atomic E-state index is -5.07. The molecule has 0 N–H and O–H groups in total. The van der Waals surface area contributed by atoms with Crippen molar-refractivity contribution in [2.45, 2.75) is 75.8 Å². The Labute approximate surface area is 244 Å². The van der Waals surface area contributed by atoms with Crippen molar-refractivity contribution >= 4 is 0 Å². The molecule has 2 fully saturated rings. The highest BCUT2D eigenvalue weighted by atomic mass is 16.5. The van der Waals surface area contributed by atoms with Crippen LogP contribution in [0.25, 0.3) is 0 Å². The van der Waals surface area contributed by atoms with Crippen LogP contribution in [0.3, 0.4) is 0 Å². The lowest BCUT2D eigenvalue weighted by molar-refractivity contribution is -0.0457. The van der Waals surface area contributed by atoms with Crippen LogP contribution in [0.2, 0.25) is 0 Å². The maximum absolute atomic E-state index is 9.75. The zero-order valence-corrected chi connectivity index (χ0v) is 17.7. The van der Waals surface area contributed by atoms with Gasteiger partial charge in [0.15, 0.2) is 0 Å². The lowest BCUT2D eigenvalue weighted by atomic mass is 9.79. The zero-order chi connectivity index (χ0) is 50.5. The Morgan fingerprint density at radius 2 is 1.61 bits per heavy atom. The maximum Gasteiger partial charge on any atom is 0.0704 e. The number of nitrogens with zero attached hydrogens (tertiary/aromatic N) is 2. The standard InChI is InChI=1S/C29H42N2O2/c1-29(17-13-28(14-18-29)33-22-21-32-2)31-19-15-27(16-20-31)30(23-25-9-5-3-6-10-25)24-26-11-7-4-8-12-26/h3-12,27-28H,13-24H2,1-2H3/t28-,29-/i3D,4D,5D,6D,7D,8D,9D,10D,11D,12D,13D2,14D2,15D2,16D2,17D,18D2,19D2,20D2,23D2,24D2,27D,28D/t17?,28-,29-/m1/s1. The molecule has 4 rings (SSSR count). The van der Waals surface area contributed by atoms with Crippen LogP contribution < -0.4 is 0 Å². The van der Waals surface area contributed by atoms with Crippen LogP contribution in [0.5, 0.6) is 0 Å². The molecule has 0 bridgehead atoms. The highest BCUT2D eigenvalue weighted by molar-refractivity contribution is 5.17. The van der Waals surface area contributed by atoms with Gasteiger partial charge in [0.25, 0.3) is 0 Å².